The molecule has 0 aliphatic carbocycles. The van der Waals surface area contributed by atoms with Gasteiger partial charge >= 0.3 is 0 Å². The number of amides is 2. The van der Waals surface area contributed by atoms with Crippen LogP contribution in [0.2, 0.25) is 0 Å². The molecule has 0 bridgehead atoms. The Bertz CT molecular complexity index is 1210. The number of azo groups is 1. The van der Waals surface area contributed by atoms with Crippen molar-refractivity contribution in [2.75, 3.05) is 6.54 Å². The quantitative estimate of drug-likeness (QED) is 0.161. The van der Waals surface area contributed by atoms with Crippen LogP contribution in [0.25, 0.3) is 10.9 Å². The molecule has 10 nitrogen and oxygen atoms in total. The summed E-state index contributed by atoms with van der Waals surface area (Å²) in [5.41, 5.74) is 0.741. The van der Waals surface area contributed by atoms with Crippen LogP contribution >= 0.6 is 31.9 Å². The van der Waals surface area contributed by atoms with Crippen LogP contribution in [0.1, 0.15) is 23.2 Å². The number of nitrogens with one attached hydrogen (secondary N) is 2. The molecule has 160 valence electrons. The van der Waals surface area contributed by atoms with Crippen molar-refractivity contribution in [2.24, 2.45) is 10.2 Å². The number of fused-ring (bicyclic) bond motifs is 1. The number of aromatic nitrogens is 1. The molecule has 12 heteroatoms. The number of hydrogen-bond acceptors (Lipinski definition) is 6. The van der Waals surface area contributed by atoms with Crippen molar-refractivity contribution in [3.63, 3.8) is 0 Å². The number of benzene rings is 2. The van der Waals surface area contributed by atoms with E-state index in [1.165, 1.54) is 24.3 Å². The van der Waals surface area contributed by atoms with Crippen molar-refractivity contribution in [1.82, 2.24) is 10.3 Å². The Hall–Kier alpha value is -3.12. The summed E-state index contributed by atoms with van der Waals surface area (Å²) in [6, 6.07) is 8.90. The van der Waals surface area contributed by atoms with Crippen LogP contribution in [-0.2, 0) is 4.79 Å². The van der Waals surface area contributed by atoms with E-state index in [1.807, 2.05) is 0 Å². The molecule has 3 N–H and O–H groups in total. The number of hydrogen-bond donors (Lipinski definition) is 3. The molecule has 2 aromatic carbocycles. The van der Waals surface area contributed by atoms with Gasteiger partial charge in [-0.3, -0.25) is 19.7 Å². The minimum absolute atomic E-state index is 0.0230. The number of nitro benzene ring substituents is 1. The zero-order valence-corrected chi connectivity index (χ0v) is 18.9. The number of aromatic amines is 1. The number of non-ortho nitro benzene ring substituents is 1. The number of carbonyl (C=O) groups excluding carboxylic acids is 2. The largest absolute Gasteiger partial charge is 0.493 e. The number of nitro groups is 1. The Morgan fingerprint density at radius 3 is 2.74 bits per heavy atom. The van der Waals surface area contributed by atoms with Gasteiger partial charge in [-0.1, -0.05) is 22.0 Å². The van der Waals surface area contributed by atoms with Crippen LogP contribution in [0.3, 0.4) is 0 Å². The van der Waals surface area contributed by atoms with Gasteiger partial charge in [0.25, 0.3) is 17.5 Å². The first kappa shape index (κ1) is 22.6. The summed E-state index contributed by atoms with van der Waals surface area (Å²) in [5, 5.41) is 31.5. The van der Waals surface area contributed by atoms with E-state index >= 15 is 0 Å². The molecular weight excluding hydrogens is 538 g/mol. The maximum absolute atomic E-state index is 12.1. The summed E-state index contributed by atoms with van der Waals surface area (Å²) in [6.45, 7) is 0.182. The second-order valence-corrected chi connectivity index (χ2v) is 8.16. The fourth-order valence-electron chi connectivity index (χ4n) is 2.75. The van der Waals surface area contributed by atoms with Crippen molar-refractivity contribution in [3.8, 4) is 5.88 Å². The Balaban J connectivity index is 1.54. The van der Waals surface area contributed by atoms with Gasteiger partial charge in [0.2, 0.25) is 5.88 Å². The van der Waals surface area contributed by atoms with Gasteiger partial charge in [-0.25, -0.2) is 0 Å². The van der Waals surface area contributed by atoms with Gasteiger partial charge < -0.3 is 15.4 Å². The van der Waals surface area contributed by atoms with Crippen molar-refractivity contribution < 1.29 is 19.6 Å². The summed E-state index contributed by atoms with van der Waals surface area (Å²) in [6.07, 6.45) is 0.324. The molecule has 2 amide bonds. The number of carbonyl (C=O) groups is 2. The minimum atomic E-state index is -0.580. The third-order valence-corrected chi connectivity index (χ3v) is 5.29. The van der Waals surface area contributed by atoms with Gasteiger partial charge in [0.15, 0.2) is 5.69 Å². The third kappa shape index (κ3) is 5.52. The molecule has 0 aliphatic rings. The van der Waals surface area contributed by atoms with Crippen LogP contribution in [-0.4, -0.2) is 33.4 Å². The van der Waals surface area contributed by atoms with Gasteiger partial charge in [-0.15, -0.1) is 10.2 Å². The Labute approximate surface area is 192 Å². The number of halogens is 2. The molecule has 0 fully saturated rings. The molecule has 0 spiro atoms. The molecule has 3 rings (SSSR count). The zero-order valence-electron chi connectivity index (χ0n) is 15.8. The van der Waals surface area contributed by atoms with Gasteiger partial charge in [-0.2, -0.15) is 0 Å². The standard InChI is InChI=1S/C19H15Br2N5O5/c20-11-8-13-16(14(21)9-11)23-19(29)17(13)25-24-15(27)5-2-6-22-18(28)10-3-1-4-12(7-10)26(30)31/h1,3-4,7-9,23,29H,2,5-6H2,(H,22,28). The Morgan fingerprint density at radius 1 is 1.23 bits per heavy atom. The van der Waals surface area contributed by atoms with Gasteiger partial charge in [0.05, 0.1) is 10.4 Å². The third-order valence-electron chi connectivity index (χ3n) is 4.21. The summed E-state index contributed by atoms with van der Waals surface area (Å²) < 4.78 is 1.47. The Kier molecular flexibility index (Phi) is 7.13. The second kappa shape index (κ2) is 9.79. The molecule has 31 heavy (non-hydrogen) atoms. The smallest absolute Gasteiger partial charge is 0.270 e. The molecule has 1 aromatic heterocycles. The van der Waals surface area contributed by atoms with E-state index < -0.39 is 16.7 Å². The van der Waals surface area contributed by atoms with E-state index in [2.05, 4.69) is 52.4 Å². The lowest BCUT2D eigenvalue weighted by Crippen LogP contribution is -2.24. The summed E-state index contributed by atoms with van der Waals surface area (Å²) in [7, 11) is 0. The van der Waals surface area contributed by atoms with Gasteiger partial charge in [-0.05, 0) is 40.5 Å². The first-order chi connectivity index (χ1) is 14.8. The number of H-pyrrole nitrogens is 1. The van der Waals surface area contributed by atoms with Crippen molar-refractivity contribution >= 4 is 66.0 Å². The lowest BCUT2D eigenvalue weighted by Gasteiger charge is -2.04. The summed E-state index contributed by atoms with van der Waals surface area (Å²) in [5.74, 6) is -1.21. The van der Waals surface area contributed by atoms with Crippen molar-refractivity contribution in [2.45, 2.75) is 12.8 Å². The SMILES string of the molecule is O=C(CCCNC(=O)c1cccc([N+](=O)[O-])c1)N=Nc1c(O)[nH]c2c(Br)cc(Br)cc12. The predicted molar refractivity (Wildman–Crippen MR) is 120 cm³/mol. The molecule has 0 unspecified atom stereocenters. The average molecular weight is 553 g/mol. The lowest BCUT2D eigenvalue weighted by molar-refractivity contribution is -0.384. The van der Waals surface area contributed by atoms with Gasteiger partial charge in [0.1, 0.15) is 0 Å². The fraction of sp³-hybridized carbons (Fsp3) is 0.158. The number of nitrogens with zero attached hydrogens (tertiary/aromatic N) is 3. The highest BCUT2D eigenvalue weighted by atomic mass is 79.9. The first-order valence-corrected chi connectivity index (χ1v) is 10.5. The van der Waals surface area contributed by atoms with Gasteiger partial charge in [0, 0.05) is 45.0 Å². The molecule has 0 atom stereocenters. The molecule has 3 aromatic rings. The van der Waals surface area contributed by atoms with E-state index in [4.69, 9.17) is 0 Å². The molecule has 0 saturated carbocycles. The van der Waals surface area contributed by atoms with Crippen LogP contribution in [0.5, 0.6) is 5.88 Å². The fourth-order valence-corrected chi connectivity index (χ4v) is 4.08. The first-order valence-electron chi connectivity index (χ1n) is 8.93. The summed E-state index contributed by atoms with van der Waals surface area (Å²) >= 11 is 6.73. The van der Waals surface area contributed by atoms with E-state index in [0.29, 0.717) is 21.8 Å². The minimum Gasteiger partial charge on any atom is -0.493 e. The highest BCUT2D eigenvalue weighted by Crippen LogP contribution is 2.40. The normalized spacial score (nSPS) is 11.2. The maximum atomic E-state index is 12.1. The topological polar surface area (TPSA) is 150 Å². The highest BCUT2D eigenvalue weighted by molar-refractivity contribution is 9.11. The lowest BCUT2D eigenvalue weighted by atomic mass is 10.2. The second-order valence-electron chi connectivity index (χ2n) is 6.39. The van der Waals surface area contributed by atoms with E-state index in [1.54, 1.807) is 12.1 Å². The van der Waals surface area contributed by atoms with Crippen LogP contribution in [0.4, 0.5) is 11.4 Å². The molecular formula is C19H15Br2N5O5. The molecule has 0 saturated heterocycles. The van der Waals surface area contributed by atoms with Crippen molar-refractivity contribution in [1.29, 1.82) is 0 Å². The van der Waals surface area contributed by atoms with Crippen LogP contribution in [0, 0.1) is 10.1 Å². The predicted octanol–water partition coefficient (Wildman–Crippen LogP) is 5.13. The molecule has 0 aliphatic heterocycles. The summed E-state index contributed by atoms with van der Waals surface area (Å²) in [4.78, 5) is 37.0. The van der Waals surface area contributed by atoms with Crippen molar-refractivity contribution in [3.05, 3.63) is 61.0 Å². The zero-order chi connectivity index (χ0) is 22.5. The average Bonchev–Trinajstić information content (AvgIpc) is 3.05. The monoisotopic (exact) mass is 551 g/mol. The van der Waals surface area contributed by atoms with E-state index in [-0.39, 0.29) is 35.8 Å². The van der Waals surface area contributed by atoms with Crippen LogP contribution in [0.15, 0.2) is 55.6 Å². The number of rotatable bonds is 7. The molecule has 1 heterocycles. The molecule has 0 radical (unpaired) electrons. The van der Waals surface area contributed by atoms with E-state index in [9.17, 15) is 24.8 Å². The van der Waals surface area contributed by atoms with Crippen LogP contribution < -0.4 is 5.32 Å². The van der Waals surface area contributed by atoms with E-state index in [0.717, 1.165) is 4.47 Å². The number of aromatic hydroxyl groups is 1. The Morgan fingerprint density at radius 2 is 2.00 bits per heavy atom. The maximum Gasteiger partial charge on any atom is 0.270 e. The highest BCUT2D eigenvalue weighted by Gasteiger charge is 2.14.